The number of Topliss-reactive ketones (excluding diaryl/α,β-unsaturated/α-hetero) is 1. The van der Waals surface area contributed by atoms with Gasteiger partial charge in [-0.3, -0.25) is 9.79 Å². The lowest BCUT2D eigenvalue weighted by atomic mass is 10.1. The molecular formula is C19H18BrN3O3. The quantitative estimate of drug-likeness (QED) is 0.775. The fraction of sp³-hybridized carbons (Fsp3) is 0.211. The Morgan fingerprint density at radius 1 is 1.00 bits per heavy atom. The fourth-order valence-corrected chi connectivity index (χ4v) is 3.27. The number of hydrogen-bond acceptors (Lipinski definition) is 5. The van der Waals surface area contributed by atoms with Crippen molar-refractivity contribution in [1.29, 1.82) is 0 Å². The molecule has 2 aromatic carbocycles. The van der Waals surface area contributed by atoms with E-state index in [0.717, 1.165) is 36.8 Å². The Labute approximate surface area is 161 Å². The van der Waals surface area contributed by atoms with Crippen LogP contribution in [0.4, 0.5) is 11.4 Å². The second-order valence-corrected chi connectivity index (χ2v) is 6.07. The van der Waals surface area contributed by atoms with Gasteiger partial charge in [0.1, 0.15) is 0 Å². The summed E-state index contributed by atoms with van der Waals surface area (Å²) in [4.78, 5) is 32.4. The van der Waals surface area contributed by atoms with Crippen molar-refractivity contribution in [1.82, 2.24) is 0 Å². The molecule has 0 saturated carbocycles. The van der Waals surface area contributed by atoms with Crippen LogP contribution in [0.1, 0.15) is 27.1 Å². The van der Waals surface area contributed by atoms with E-state index in [0.29, 0.717) is 5.56 Å². The van der Waals surface area contributed by atoms with E-state index in [1.54, 1.807) is 12.1 Å². The van der Waals surface area contributed by atoms with Gasteiger partial charge in [0.05, 0.1) is 23.5 Å². The number of para-hydroxylation sites is 2. The predicted octanol–water partition coefficient (Wildman–Crippen LogP) is 3.23. The van der Waals surface area contributed by atoms with Crippen molar-refractivity contribution in [3.63, 3.8) is 0 Å². The van der Waals surface area contributed by atoms with E-state index in [9.17, 15) is 9.59 Å². The van der Waals surface area contributed by atoms with Crippen LogP contribution in [0, 0.1) is 0 Å². The van der Waals surface area contributed by atoms with Gasteiger partial charge < -0.3 is 14.9 Å². The highest BCUT2D eigenvalue weighted by Gasteiger charge is 2.34. The molecule has 6 nitrogen and oxygen atoms in total. The minimum atomic E-state index is -1.00. The lowest BCUT2D eigenvalue weighted by molar-refractivity contribution is 0.0696. The maximum absolute atomic E-state index is 12.7. The zero-order valence-electron chi connectivity index (χ0n) is 14.0. The number of carboxylic acid groups (broad SMARTS) is 1. The molecule has 0 aromatic heterocycles. The summed E-state index contributed by atoms with van der Waals surface area (Å²) in [6, 6.07) is 14.0. The van der Waals surface area contributed by atoms with Gasteiger partial charge in [0.15, 0.2) is 5.78 Å². The van der Waals surface area contributed by atoms with E-state index in [4.69, 9.17) is 5.11 Å². The number of nitrogens with zero attached hydrogens (tertiary/aromatic N) is 3. The first kappa shape index (κ1) is 18.1. The van der Waals surface area contributed by atoms with Crippen LogP contribution in [0.15, 0.2) is 53.5 Å². The van der Waals surface area contributed by atoms with Crippen LogP contribution >= 0.6 is 17.0 Å². The maximum Gasteiger partial charge on any atom is 0.335 e. The van der Waals surface area contributed by atoms with Gasteiger partial charge in [0.2, 0.25) is 5.96 Å². The predicted molar refractivity (Wildman–Crippen MR) is 106 cm³/mol. The largest absolute Gasteiger partial charge is 0.478 e. The Bertz CT molecular complexity index is 880. The number of hydrogen-bond donors (Lipinski definition) is 1. The van der Waals surface area contributed by atoms with Gasteiger partial charge in [-0.05, 0) is 30.7 Å². The molecule has 2 aliphatic heterocycles. The topological polar surface area (TPSA) is 73.2 Å². The third-order valence-electron chi connectivity index (χ3n) is 4.49. The molecule has 4 rings (SSSR count). The van der Waals surface area contributed by atoms with Crippen LogP contribution in [0.25, 0.3) is 0 Å². The monoisotopic (exact) mass is 415 g/mol. The molecule has 0 unspecified atom stereocenters. The molecule has 134 valence electrons. The number of aliphatic imine (C=N–C) groups is 1. The van der Waals surface area contributed by atoms with E-state index in [2.05, 4.69) is 9.89 Å². The van der Waals surface area contributed by atoms with Crippen molar-refractivity contribution in [2.24, 2.45) is 4.99 Å². The number of carbonyl (C=O) groups excluding carboxylic acids is 1. The number of carbonyl (C=O) groups is 2. The number of anilines is 2. The van der Waals surface area contributed by atoms with E-state index < -0.39 is 5.97 Å². The Balaban J connectivity index is 0.00000196. The SMILES string of the molecule is Br.O=C(O)c1ccc(C(=O)CN2C3=NCCCN3c3ccccc32)cc1. The fourth-order valence-electron chi connectivity index (χ4n) is 3.27. The Morgan fingerprint density at radius 3 is 2.35 bits per heavy atom. The number of benzene rings is 2. The molecule has 0 spiro atoms. The van der Waals surface area contributed by atoms with Gasteiger partial charge in [0, 0.05) is 18.7 Å². The van der Waals surface area contributed by atoms with E-state index in [1.807, 2.05) is 29.2 Å². The summed E-state index contributed by atoms with van der Waals surface area (Å²) < 4.78 is 0. The molecule has 2 aliphatic rings. The molecule has 0 bridgehead atoms. The molecule has 0 amide bonds. The molecule has 2 aromatic rings. The Morgan fingerprint density at radius 2 is 1.65 bits per heavy atom. The van der Waals surface area contributed by atoms with Gasteiger partial charge in [-0.15, -0.1) is 17.0 Å². The summed E-state index contributed by atoms with van der Waals surface area (Å²) in [6.45, 7) is 1.84. The van der Waals surface area contributed by atoms with Crippen LogP contribution in [0.5, 0.6) is 0 Å². The lowest BCUT2D eigenvalue weighted by Gasteiger charge is -2.26. The van der Waals surface area contributed by atoms with Crippen molar-refractivity contribution in [2.45, 2.75) is 6.42 Å². The van der Waals surface area contributed by atoms with Gasteiger partial charge in [-0.1, -0.05) is 24.3 Å². The molecule has 0 aliphatic carbocycles. The van der Waals surface area contributed by atoms with Crippen molar-refractivity contribution < 1.29 is 14.7 Å². The van der Waals surface area contributed by atoms with Crippen LogP contribution in [0.3, 0.4) is 0 Å². The number of guanidine groups is 1. The van der Waals surface area contributed by atoms with Crippen molar-refractivity contribution in [2.75, 3.05) is 29.4 Å². The third-order valence-corrected chi connectivity index (χ3v) is 4.49. The van der Waals surface area contributed by atoms with Crippen LogP contribution in [0.2, 0.25) is 0 Å². The second kappa shape index (κ2) is 7.29. The van der Waals surface area contributed by atoms with Gasteiger partial charge in [-0.2, -0.15) is 0 Å². The van der Waals surface area contributed by atoms with Crippen molar-refractivity contribution in [3.8, 4) is 0 Å². The molecule has 0 saturated heterocycles. The minimum Gasteiger partial charge on any atom is -0.478 e. The van der Waals surface area contributed by atoms with Crippen LogP contribution in [-0.2, 0) is 0 Å². The van der Waals surface area contributed by atoms with Gasteiger partial charge in [0.25, 0.3) is 0 Å². The molecule has 1 N–H and O–H groups in total. The summed E-state index contributed by atoms with van der Waals surface area (Å²) in [6.07, 6.45) is 0.996. The number of rotatable bonds is 4. The molecule has 7 heteroatoms. The van der Waals surface area contributed by atoms with Gasteiger partial charge in [-0.25, -0.2) is 4.79 Å². The summed E-state index contributed by atoms with van der Waals surface area (Å²) in [5, 5.41) is 8.97. The molecule has 2 heterocycles. The van der Waals surface area contributed by atoms with Gasteiger partial charge >= 0.3 is 5.97 Å². The summed E-state index contributed by atoms with van der Waals surface area (Å²) >= 11 is 0. The molecule has 0 radical (unpaired) electrons. The van der Waals surface area contributed by atoms with E-state index in [-0.39, 0.29) is 34.9 Å². The lowest BCUT2D eigenvalue weighted by Crippen LogP contribution is -2.43. The smallest absolute Gasteiger partial charge is 0.335 e. The van der Waals surface area contributed by atoms with Crippen molar-refractivity contribution >= 4 is 46.1 Å². The third kappa shape index (κ3) is 3.10. The summed E-state index contributed by atoms with van der Waals surface area (Å²) in [5.74, 6) is -0.246. The molecular weight excluding hydrogens is 398 g/mol. The minimum absolute atomic E-state index is 0. The summed E-state index contributed by atoms with van der Waals surface area (Å²) in [5.41, 5.74) is 2.73. The number of ketones is 1. The molecule has 26 heavy (non-hydrogen) atoms. The van der Waals surface area contributed by atoms with Crippen molar-refractivity contribution in [3.05, 3.63) is 59.7 Å². The molecule has 0 atom stereocenters. The molecule has 0 fully saturated rings. The maximum atomic E-state index is 12.7. The average molecular weight is 416 g/mol. The highest BCUT2D eigenvalue weighted by Crippen LogP contribution is 2.38. The normalized spacial score (nSPS) is 14.8. The van der Waals surface area contributed by atoms with Crippen LogP contribution < -0.4 is 9.80 Å². The zero-order valence-corrected chi connectivity index (χ0v) is 15.7. The average Bonchev–Trinajstić information content (AvgIpc) is 2.96. The van der Waals surface area contributed by atoms with E-state index >= 15 is 0 Å². The standard InChI is InChI=1S/C19H17N3O3.BrH/c23-17(13-6-8-14(9-7-13)18(24)25)12-22-16-5-2-1-4-15(16)21-11-3-10-20-19(21)22;/h1-2,4-9H,3,10-12H2,(H,24,25);1H. The second-order valence-electron chi connectivity index (χ2n) is 6.07. The number of aromatic carboxylic acids is 1. The number of fused-ring (bicyclic) bond motifs is 3. The highest BCUT2D eigenvalue weighted by atomic mass is 79.9. The number of halogens is 1. The van der Waals surface area contributed by atoms with E-state index in [1.165, 1.54) is 12.1 Å². The Kier molecular flexibility index (Phi) is 5.08. The first-order chi connectivity index (χ1) is 12.1. The highest BCUT2D eigenvalue weighted by molar-refractivity contribution is 8.93. The number of carboxylic acids is 1. The summed E-state index contributed by atoms with van der Waals surface area (Å²) in [7, 11) is 0. The first-order valence-corrected chi connectivity index (χ1v) is 8.20. The first-order valence-electron chi connectivity index (χ1n) is 8.20. The van der Waals surface area contributed by atoms with Crippen LogP contribution in [-0.4, -0.2) is 42.5 Å². The zero-order chi connectivity index (χ0) is 17.4. The Hall–Kier alpha value is -2.67.